The second kappa shape index (κ2) is 4.57. The maximum absolute atomic E-state index is 11.1. The van der Waals surface area contributed by atoms with Crippen molar-refractivity contribution in [3.05, 3.63) is 64.6 Å². The fourth-order valence-corrected chi connectivity index (χ4v) is 2.00. The molecule has 0 radical (unpaired) electrons. The molecule has 3 aromatic rings. The largest absolute Gasteiger partial charge is 0.377 e. The molecule has 94 valence electrons. The zero-order valence-electron chi connectivity index (χ0n) is 10.4. The monoisotopic (exact) mass is 252 g/mol. The van der Waals surface area contributed by atoms with Crippen molar-refractivity contribution in [1.82, 2.24) is 10.1 Å². The van der Waals surface area contributed by atoms with Crippen LogP contribution >= 0.6 is 0 Å². The molecule has 1 N–H and O–H groups in total. The number of nitrogens with one attached hydrogen (secondary N) is 1. The Morgan fingerprint density at radius 2 is 1.68 bits per heavy atom. The molecule has 0 amide bonds. The molecule has 1 heterocycles. The number of hydrogen-bond donors (Lipinski definition) is 1. The molecule has 0 aliphatic heterocycles. The molecular weight excluding hydrogens is 240 g/mol. The van der Waals surface area contributed by atoms with Gasteiger partial charge < -0.3 is 4.52 Å². The van der Waals surface area contributed by atoms with Crippen molar-refractivity contribution in [2.75, 3.05) is 0 Å². The van der Waals surface area contributed by atoms with Crippen LogP contribution in [0.3, 0.4) is 0 Å². The minimum atomic E-state index is -0.478. The Hall–Kier alpha value is -2.62. The van der Waals surface area contributed by atoms with Crippen molar-refractivity contribution >= 4 is 0 Å². The van der Waals surface area contributed by atoms with Gasteiger partial charge in [-0.25, -0.2) is 4.79 Å². The Balaban J connectivity index is 2.17. The van der Waals surface area contributed by atoms with Crippen molar-refractivity contribution < 1.29 is 4.52 Å². The van der Waals surface area contributed by atoms with Gasteiger partial charge in [-0.3, -0.25) is 0 Å². The highest BCUT2D eigenvalue weighted by Gasteiger charge is 2.11. The van der Waals surface area contributed by atoms with Gasteiger partial charge in [-0.2, -0.15) is 10.1 Å². The van der Waals surface area contributed by atoms with E-state index in [0.29, 0.717) is 5.89 Å². The average Bonchev–Trinajstić information content (AvgIpc) is 2.86. The van der Waals surface area contributed by atoms with E-state index in [9.17, 15) is 4.79 Å². The number of H-pyrrole nitrogens is 1. The number of aromatic amines is 1. The Morgan fingerprint density at radius 1 is 1.00 bits per heavy atom. The number of aromatic nitrogens is 2. The summed E-state index contributed by atoms with van der Waals surface area (Å²) in [6.45, 7) is 2.04. The molecule has 0 saturated heterocycles. The van der Waals surface area contributed by atoms with Gasteiger partial charge in [0.05, 0.1) is 0 Å². The van der Waals surface area contributed by atoms with Crippen LogP contribution in [0.4, 0.5) is 0 Å². The van der Waals surface area contributed by atoms with Crippen LogP contribution in [-0.2, 0) is 0 Å². The maximum atomic E-state index is 11.1. The number of rotatable bonds is 2. The normalized spacial score (nSPS) is 10.6. The molecule has 19 heavy (non-hydrogen) atoms. The molecule has 4 heteroatoms. The quantitative estimate of drug-likeness (QED) is 0.762. The van der Waals surface area contributed by atoms with E-state index >= 15 is 0 Å². The molecule has 0 aliphatic carbocycles. The SMILES string of the molecule is Cc1ccc(-c2ccccc2-c2nc(=O)[nH]o2)cc1. The highest BCUT2D eigenvalue weighted by molar-refractivity contribution is 5.79. The van der Waals surface area contributed by atoms with Crippen LogP contribution in [0.5, 0.6) is 0 Å². The van der Waals surface area contributed by atoms with Crippen LogP contribution in [0, 0.1) is 6.92 Å². The summed E-state index contributed by atoms with van der Waals surface area (Å²) in [5.74, 6) is 0.307. The van der Waals surface area contributed by atoms with Gasteiger partial charge in [0.1, 0.15) is 0 Å². The van der Waals surface area contributed by atoms with Crippen molar-refractivity contribution in [3.63, 3.8) is 0 Å². The Bertz CT molecular complexity index is 754. The first kappa shape index (κ1) is 11.5. The molecule has 0 spiro atoms. The van der Waals surface area contributed by atoms with Crippen LogP contribution in [0.25, 0.3) is 22.6 Å². The first-order valence-electron chi connectivity index (χ1n) is 5.96. The lowest BCUT2D eigenvalue weighted by atomic mass is 9.99. The molecule has 0 unspecified atom stereocenters. The van der Waals surface area contributed by atoms with Crippen LogP contribution in [0.1, 0.15) is 5.56 Å². The maximum Gasteiger partial charge on any atom is 0.377 e. The van der Waals surface area contributed by atoms with Crippen molar-refractivity contribution in [1.29, 1.82) is 0 Å². The predicted molar refractivity (Wildman–Crippen MR) is 72.7 cm³/mol. The van der Waals surface area contributed by atoms with Crippen LogP contribution in [-0.4, -0.2) is 10.1 Å². The second-order valence-corrected chi connectivity index (χ2v) is 4.34. The third kappa shape index (κ3) is 2.20. The van der Waals surface area contributed by atoms with Crippen molar-refractivity contribution in [2.24, 2.45) is 0 Å². The topological polar surface area (TPSA) is 58.9 Å². The summed E-state index contributed by atoms with van der Waals surface area (Å²) in [6, 6.07) is 15.9. The van der Waals surface area contributed by atoms with Gasteiger partial charge in [-0.05, 0) is 24.1 Å². The van der Waals surface area contributed by atoms with Gasteiger partial charge in [0.15, 0.2) is 0 Å². The first-order chi connectivity index (χ1) is 9.24. The molecule has 1 aromatic heterocycles. The molecule has 0 aliphatic rings. The summed E-state index contributed by atoms with van der Waals surface area (Å²) in [7, 11) is 0. The van der Waals surface area contributed by atoms with Gasteiger partial charge in [0.25, 0.3) is 5.89 Å². The third-order valence-electron chi connectivity index (χ3n) is 2.96. The first-order valence-corrected chi connectivity index (χ1v) is 5.96. The minimum Gasteiger partial charge on any atom is -0.357 e. The van der Waals surface area contributed by atoms with E-state index in [0.717, 1.165) is 16.7 Å². The van der Waals surface area contributed by atoms with Crippen molar-refractivity contribution in [3.8, 4) is 22.6 Å². The second-order valence-electron chi connectivity index (χ2n) is 4.34. The molecule has 4 nitrogen and oxygen atoms in total. The minimum absolute atomic E-state index is 0.307. The zero-order chi connectivity index (χ0) is 13.2. The number of nitrogens with zero attached hydrogens (tertiary/aromatic N) is 1. The smallest absolute Gasteiger partial charge is 0.357 e. The predicted octanol–water partition coefficient (Wildman–Crippen LogP) is 3.01. The third-order valence-corrected chi connectivity index (χ3v) is 2.96. The fraction of sp³-hybridized carbons (Fsp3) is 0.0667. The van der Waals surface area contributed by atoms with Crippen LogP contribution in [0.15, 0.2) is 57.8 Å². The van der Waals surface area contributed by atoms with E-state index in [4.69, 9.17) is 4.52 Å². The summed E-state index contributed by atoms with van der Waals surface area (Å²) < 4.78 is 5.09. The Labute approximate surface area is 109 Å². The lowest BCUT2D eigenvalue weighted by Crippen LogP contribution is -2.00. The molecule has 0 fully saturated rings. The lowest BCUT2D eigenvalue weighted by Gasteiger charge is -2.06. The number of hydrogen-bond acceptors (Lipinski definition) is 3. The molecule has 0 atom stereocenters. The zero-order valence-corrected chi connectivity index (χ0v) is 10.4. The summed E-state index contributed by atoms with van der Waals surface area (Å²) in [5, 5.41) is 2.21. The molecule has 3 rings (SSSR count). The Kier molecular flexibility index (Phi) is 2.76. The number of benzene rings is 2. The average molecular weight is 252 g/mol. The summed E-state index contributed by atoms with van der Waals surface area (Å²) >= 11 is 0. The van der Waals surface area contributed by atoms with Gasteiger partial charge in [0.2, 0.25) is 0 Å². The van der Waals surface area contributed by atoms with E-state index in [1.165, 1.54) is 5.56 Å². The summed E-state index contributed by atoms with van der Waals surface area (Å²) in [5.41, 5.74) is 3.57. The van der Waals surface area contributed by atoms with Gasteiger partial charge in [-0.15, -0.1) is 0 Å². The highest BCUT2D eigenvalue weighted by Crippen LogP contribution is 2.30. The highest BCUT2D eigenvalue weighted by atomic mass is 16.5. The van der Waals surface area contributed by atoms with Crippen LogP contribution < -0.4 is 5.69 Å². The van der Waals surface area contributed by atoms with E-state index in [1.54, 1.807) is 0 Å². The Morgan fingerprint density at radius 3 is 2.32 bits per heavy atom. The number of aryl methyl sites for hydroxylation is 1. The standard InChI is InChI=1S/C15H12N2O2/c1-10-6-8-11(9-7-10)12-4-2-3-5-13(12)14-16-15(18)17-19-14/h2-9H,1H3,(H,17,18). The van der Waals surface area contributed by atoms with Gasteiger partial charge in [0, 0.05) is 5.56 Å². The van der Waals surface area contributed by atoms with E-state index in [2.05, 4.69) is 10.1 Å². The van der Waals surface area contributed by atoms with Crippen molar-refractivity contribution in [2.45, 2.75) is 6.92 Å². The lowest BCUT2D eigenvalue weighted by molar-refractivity contribution is 0.424. The van der Waals surface area contributed by atoms with Gasteiger partial charge >= 0.3 is 5.69 Å². The molecule has 2 aromatic carbocycles. The van der Waals surface area contributed by atoms with E-state index in [-0.39, 0.29) is 0 Å². The fourth-order valence-electron chi connectivity index (χ4n) is 2.00. The molecular formula is C15H12N2O2. The molecule has 0 saturated carbocycles. The van der Waals surface area contributed by atoms with Crippen LogP contribution in [0.2, 0.25) is 0 Å². The van der Waals surface area contributed by atoms with E-state index < -0.39 is 5.69 Å². The van der Waals surface area contributed by atoms with E-state index in [1.807, 2.05) is 55.5 Å². The van der Waals surface area contributed by atoms with Gasteiger partial charge in [-0.1, -0.05) is 48.0 Å². The summed E-state index contributed by atoms with van der Waals surface area (Å²) in [4.78, 5) is 14.9. The molecule has 0 bridgehead atoms. The summed E-state index contributed by atoms with van der Waals surface area (Å²) in [6.07, 6.45) is 0.